The van der Waals surface area contributed by atoms with Crippen LogP contribution in [0.1, 0.15) is 11.1 Å². The Hall–Kier alpha value is -3.35. The molecule has 142 valence electrons. The average Bonchev–Trinajstić information content (AvgIpc) is 2.99. The molecule has 1 saturated heterocycles. The summed E-state index contributed by atoms with van der Waals surface area (Å²) in [5.74, 6) is -0.827. The van der Waals surface area contributed by atoms with Gasteiger partial charge in [-0.2, -0.15) is 0 Å². The third-order valence-electron chi connectivity index (χ3n) is 4.44. The molecular formula is C20H20O7. The summed E-state index contributed by atoms with van der Waals surface area (Å²) in [6.07, 6.45) is 2.12. The van der Waals surface area contributed by atoms with Crippen molar-refractivity contribution >= 4 is 12.0 Å². The summed E-state index contributed by atoms with van der Waals surface area (Å²) in [4.78, 5) is 12.2. The van der Waals surface area contributed by atoms with E-state index in [2.05, 4.69) is 0 Å². The van der Waals surface area contributed by atoms with Gasteiger partial charge in [0.1, 0.15) is 0 Å². The molecule has 1 aliphatic heterocycles. The molecule has 1 aliphatic rings. The number of hydrogen-bond acceptors (Lipinski definition) is 7. The molecule has 27 heavy (non-hydrogen) atoms. The van der Waals surface area contributed by atoms with Crippen LogP contribution in [0.25, 0.3) is 6.08 Å². The number of carbonyl (C=O) groups excluding carboxylic acids is 1. The lowest BCUT2D eigenvalue weighted by Gasteiger charge is -2.11. The first-order chi connectivity index (χ1) is 12.9. The first kappa shape index (κ1) is 18.4. The highest BCUT2D eigenvalue weighted by molar-refractivity contribution is 5.96. The van der Waals surface area contributed by atoms with Crippen molar-refractivity contribution in [1.29, 1.82) is 0 Å². The zero-order valence-electron chi connectivity index (χ0n) is 14.9. The van der Waals surface area contributed by atoms with E-state index in [4.69, 9.17) is 14.2 Å². The van der Waals surface area contributed by atoms with Gasteiger partial charge in [0.05, 0.1) is 20.8 Å². The van der Waals surface area contributed by atoms with Crippen molar-refractivity contribution in [3.8, 4) is 28.7 Å². The van der Waals surface area contributed by atoms with Crippen molar-refractivity contribution in [3.63, 3.8) is 0 Å². The minimum absolute atomic E-state index is 0.0439. The highest BCUT2D eigenvalue weighted by atomic mass is 16.5. The third kappa shape index (κ3) is 3.76. The van der Waals surface area contributed by atoms with Crippen LogP contribution in [-0.2, 0) is 16.0 Å². The molecule has 3 rings (SSSR count). The minimum atomic E-state index is -0.433. The number of rotatable bonds is 5. The Morgan fingerprint density at radius 2 is 1.81 bits per heavy atom. The van der Waals surface area contributed by atoms with Crippen LogP contribution >= 0.6 is 0 Å². The van der Waals surface area contributed by atoms with Crippen LogP contribution < -0.4 is 9.47 Å². The van der Waals surface area contributed by atoms with E-state index < -0.39 is 5.97 Å². The quantitative estimate of drug-likeness (QED) is 0.421. The number of benzene rings is 2. The Morgan fingerprint density at radius 3 is 2.52 bits per heavy atom. The summed E-state index contributed by atoms with van der Waals surface area (Å²) in [5.41, 5.74) is 1.84. The molecular weight excluding hydrogens is 352 g/mol. The summed E-state index contributed by atoms with van der Waals surface area (Å²) >= 11 is 0. The van der Waals surface area contributed by atoms with Crippen LogP contribution in [0.5, 0.6) is 28.7 Å². The Bertz CT molecular complexity index is 901. The van der Waals surface area contributed by atoms with E-state index in [0.29, 0.717) is 23.3 Å². The van der Waals surface area contributed by atoms with Gasteiger partial charge in [0.2, 0.25) is 5.75 Å². The maximum absolute atomic E-state index is 12.2. The van der Waals surface area contributed by atoms with Crippen molar-refractivity contribution < 1.29 is 34.3 Å². The SMILES string of the molecule is COc1cc(CC2COC(=O)/C2=C/c2cc(O)c(O)c(OC)c2)ccc1O. The van der Waals surface area contributed by atoms with Crippen LogP contribution in [-0.4, -0.2) is 42.1 Å². The van der Waals surface area contributed by atoms with E-state index in [1.165, 1.54) is 32.4 Å². The molecule has 0 radical (unpaired) electrons. The predicted octanol–water partition coefficient (Wildman–Crippen LogP) is 2.62. The van der Waals surface area contributed by atoms with Crippen LogP contribution in [0.15, 0.2) is 35.9 Å². The second-order valence-corrected chi connectivity index (χ2v) is 6.20. The smallest absolute Gasteiger partial charge is 0.334 e. The Labute approximate surface area is 156 Å². The van der Waals surface area contributed by atoms with Gasteiger partial charge in [-0.3, -0.25) is 0 Å². The Morgan fingerprint density at radius 1 is 1.07 bits per heavy atom. The summed E-state index contributed by atoms with van der Waals surface area (Å²) in [7, 11) is 2.84. The number of phenolic OH excluding ortho intramolecular Hbond substituents is 3. The van der Waals surface area contributed by atoms with Gasteiger partial charge in [0, 0.05) is 11.5 Å². The van der Waals surface area contributed by atoms with Crippen LogP contribution in [0.2, 0.25) is 0 Å². The van der Waals surface area contributed by atoms with Gasteiger partial charge < -0.3 is 29.5 Å². The van der Waals surface area contributed by atoms with Crippen molar-refractivity contribution in [3.05, 3.63) is 47.0 Å². The molecule has 2 aromatic rings. The average molecular weight is 372 g/mol. The van der Waals surface area contributed by atoms with Gasteiger partial charge in [-0.1, -0.05) is 6.07 Å². The van der Waals surface area contributed by atoms with Crippen molar-refractivity contribution in [2.24, 2.45) is 5.92 Å². The molecule has 1 heterocycles. The molecule has 1 unspecified atom stereocenters. The largest absolute Gasteiger partial charge is 0.504 e. The summed E-state index contributed by atoms with van der Waals surface area (Å²) in [5, 5.41) is 29.3. The molecule has 0 saturated carbocycles. The summed E-state index contributed by atoms with van der Waals surface area (Å²) in [6.45, 7) is 0.231. The molecule has 2 aromatic carbocycles. The molecule has 0 aromatic heterocycles. The molecule has 1 fully saturated rings. The first-order valence-electron chi connectivity index (χ1n) is 8.27. The van der Waals surface area contributed by atoms with Gasteiger partial charge in [0.25, 0.3) is 0 Å². The highest BCUT2D eigenvalue weighted by Gasteiger charge is 2.31. The number of esters is 1. The van der Waals surface area contributed by atoms with Crippen molar-refractivity contribution in [2.75, 3.05) is 20.8 Å². The molecule has 1 atom stereocenters. The van der Waals surface area contributed by atoms with Gasteiger partial charge in [-0.25, -0.2) is 4.79 Å². The van der Waals surface area contributed by atoms with Gasteiger partial charge in [0.15, 0.2) is 23.0 Å². The predicted molar refractivity (Wildman–Crippen MR) is 97.1 cm³/mol. The highest BCUT2D eigenvalue weighted by Crippen LogP contribution is 2.38. The summed E-state index contributed by atoms with van der Waals surface area (Å²) < 4.78 is 15.3. The molecule has 0 bridgehead atoms. The molecule has 0 spiro atoms. The monoisotopic (exact) mass is 372 g/mol. The fraction of sp³-hybridized carbons (Fsp3) is 0.250. The topological polar surface area (TPSA) is 105 Å². The summed E-state index contributed by atoms with van der Waals surface area (Å²) in [6, 6.07) is 7.88. The lowest BCUT2D eigenvalue weighted by Crippen LogP contribution is -2.07. The van der Waals surface area contributed by atoms with Crippen molar-refractivity contribution in [2.45, 2.75) is 6.42 Å². The number of ether oxygens (including phenoxy) is 3. The maximum Gasteiger partial charge on any atom is 0.334 e. The fourth-order valence-electron chi connectivity index (χ4n) is 3.03. The van der Waals surface area contributed by atoms with E-state index in [9.17, 15) is 20.1 Å². The lowest BCUT2D eigenvalue weighted by molar-refractivity contribution is -0.135. The normalized spacial score (nSPS) is 17.8. The molecule has 7 heteroatoms. The van der Waals surface area contributed by atoms with Crippen LogP contribution in [0, 0.1) is 5.92 Å². The molecule has 0 amide bonds. The first-order valence-corrected chi connectivity index (χ1v) is 8.27. The van der Waals surface area contributed by atoms with Crippen LogP contribution in [0.4, 0.5) is 0 Å². The number of phenols is 3. The second kappa shape index (κ2) is 7.49. The number of cyclic esters (lactones) is 1. The third-order valence-corrected chi connectivity index (χ3v) is 4.44. The van der Waals surface area contributed by atoms with E-state index >= 15 is 0 Å². The standard InChI is InChI=1S/C20H20O7/c1-25-17-8-11(3-4-15(17)21)5-13-10-27-20(24)14(13)6-12-7-16(22)19(23)18(9-12)26-2/h3-4,6-9,13,21-23H,5,10H2,1-2H3/b14-6+. The number of hydrogen-bond donors (Lipinski definition) is 3. The van der Waals surface area contributed by atoms with E-state index in [-0.39, 0.29) is 35.5 Å². The van der Waals surface area contributed by atoms with Gasteiger partial charge in [-0.15, -0.1) is 0 Å². The number of carbonyl (C=O) groups is 1. The van der Waals surface area contributed by atoms with E-state index in [1.807, 2.05) is 0 Å². The zero-order chi connectivity index (χ0) is 19.6. The maximum atomic E-state index is 12.2. The van der Waals surface area contributed by atoms with Crippen LogP contribution in [0.3, 0.4) is 0 Å². The molecule has 7 nitrogen and oxygen atoms in total. The van der Waals surface area contributed by atoms with Crippen molar-refractivity contribution in [1.82, 2.24) is 0 Å². The lowest BCUT2D eigenvalue weighted by atomic mass is 9.92. The Kier molecular flexibility index (Phi) is 5.12. The second-order valence-electron chi connectivity index (χ2n) is 6.20. The Balaban J connectivity index is 1.91. The number of methoxy groups -OCH3 is 2. The zero-order valence-corrected chi connectivity index (χ0v) is 14.9. The number of aromatic hydroxyl groups is 3. The van der Waals surface area contributed by atoms with Gasteiger partial charge in [-0.05, 0) is 47.9 Å². The van der Waals surface area contributed by atoms with E-state index in [1.54, 1.807) is 18.2 Å². The van der Waals surface area contributed by atoms with Gasteiger partial charge >= 0.3 is 5.97 Å². The molecule has 3 N–H and O–H groups in total. The fourth-order valence-corrected chi connectivity index (χ4v) is 3.03. The minimum Gasteiger partial charge on any atom is -0.504 e. The molecule has 0 aliphatic carbocycles. The van der Waals surface area contributed by atoms with E-state index in [0.717, 1.165) is 5.56 Å².